The molecule has 2 unspecified atom stereocenters. The van der Waals surface area contributed by atoms with Crippen molar-refractivity contribution in [2.24, 2.45) is 11.3 Å². The van der Waals surface area contributed by atoms with E-state index in [9.17, 15) is 4.79 Å². The average molecular weight is 260 g/mol. The van der Waals surface area contributed by atoms with Crippen LogP contribution >= 0.6 is 0 Å². The Labute approximate surface area is 115 Å². The van der Waals surface area contributed by atoms with Crippen LogP contribution in [0.2, 0.25) is 0 Å². The summed E-state index contributed by atoms with van der Waals surface area (Å²) < 4.78 is 0. The highest BCUT2D eigenvalue weighted by atomic mass is 16.1. The Hall–Kier alpha value is -1.51. The van der Waals surface area contributed by atoms with Crippen LogP contribution in [-0.2, 0) is 0 Å². The van der Waals surface area contributed by atoms with Gasteiger partial charge < -0.3 is 11.1 Å². The molecule has 1 aromatic rings. The number of carbonyl (C=O) groups excluding carboxylic acids is 1. The zero-order valence-electron chi connectivity index (χ0n) is 12.1. The molecule has 3 N–H and O–H groups in total. The predicted molar refractivity (Wildman–Crippen MR) is 78.9 cm³/mol. The van der Waals surface area contributed by atoms with Crippen LogP contribution in [0.1, 0.15) is 50.4 Å². The predicted octanol–water partition coefficient (Wildman–Crippen LogP) is 3.21. The van der Waals surface area contributed by atoms with E-state index in [2.05, 4.69) is 26.1 Å². The van der Waals surface area contributed by atoms with E-state index in [1.807, 2.05) is 12.1 Å². The zero-order chi connectivity index (χ0) is 14.0. The number of anilines is 1. The van der Waals surface area contributed by atoms with E-state index in [0.29, 0.717) is 22.6 Å². The monoisotopic (exact) mass is 260 g/mol. The first-order valence-electron chi connectivity index (χ1n) is 7.03. The number of nitrogens with two attached hydrogens (primary N) is 1. The summed E-state index contributed by atoms with van der Waals surface area (Å²) in [5.41, 5.74) is 7.28. The maximum atomic E-state index is 12.3. The Morgan fingerprint density at radius 1 is 1.32 bits per heavy atom. The van der Waals surface area contributed by atoms with Gasteiger partial charge in [-0.15, -0.1) is 0 Å². The van der Waals surface area contributed by atoms with Crippen molar-refractivity contribution < 1.29 is 4.79 Å². The molecular weight excluding hydrogens is 236 g/mol. The van der Waals surface area contributed by atoms with Crippen molar-refractivity contribution in [2.45, 2.75) is 46.1 Å². The van der Waals surface area contributed by atoms with E-state index in [-0.39, 0.29) is 11.9 Å². The molecule has 0 spiro atoms. The molecule has 0 bridgehead atoms. The van der Waals surface area contributed by atoms with Crippen LogP contribution in [0.15, 0.2) is 24.3 Å². The Bertz CT molecular complexity index is 468. The first-order chi connectivity index (χ1) is 8.87. The Kier molecular flexibility index (Phi) is 3.83. The molecule has 2 atom stereocenters. The number of para-hydroxylation sites is 1. The summed E-state index contributed by atoms with van der Waals surface area (Å²) in [4.78, 5) is 12.3. The molecular formula is C16H24N2O. The molecule has 104 valence electrons. The fourth-order valence-corrected chi connectivity index (χ4v) is 3.42. The lowest BCUT2D eigenvalue weighted by atomic mass is 9.70. The molecule has 1 saturated carbocycles. The lowest BCUT2D eigenvalue weighted by Crippen LogP contribution is -2.43. The molecule has 19 heavy (non-hydrogen) atoms. The quantitative estimate of drug-likeness (QED) is 0.802. The second-order valence-electron chi connectivity index (χ2n) is 6.67. The van der Waals surface area contributed by atoms with Crippen LogP contribution in [0.5, 0.6) is 0 Å². The van der Waals surface area contributed by atoms with Crippen LogP contribution in [0.25, 0.3) is 0 Å². The lowest BCUT2D eigenvalue weighted by Gasteiger charge is -2.39. The van der Waals surface area contributed by atoms with Gasteiger partial charge in [0.2, 0.25) is 0 Å². The van der Waals surface area contributed by atoms with Gasteiger partial charge >= 0.3 is 0 Å². The third-order valence-corrected chi connectivity index (χ3v) is 3.93. The van der Waals surface area contributed by atoms with E-state index in [1.165, 1.54) is 6.42 Å². The highest BCUT2D eigenvalue weighted by Crippen LogP contribution is 2.38. The van der Waals surface area contributed by atoms with E-state index >= 15 is 0 Å². The van der Waals surface area contributed by atoms with E-state index in [4.69, 9.17) is 5.73 Å². The number of hydrogen-bond donors (Lipinski definition) is 2. The third-order valence-electron chi connectivity index (χ3n) is 3.93. The van der Waals surface area contributed by atoms with Gasteiger partial charge in [0.1, 0.15) is 0 Å². The molecule has 3 nitrogen and oxygen atoms in total. The minimum Gasteiger partial charge on any atom is -0.398 e. The minimum absolute atomic E-state index is 0.0481. The summed E-state index contributed by atoms with van der Waals surface area (Å²) in [6.07, 6.45) is 3.32. The van der Waals surface area contributed by atoms with Crippen molar-refractivity contribution in [1.29, 1.82) is 0 Å². The van der Waals surface area contributed by atoms with Crippen molar-refractivity contribution >= 4 is 11.6 Å². The summed E-state index contributed by atoms with van der Waals surface area (Å²) >= 11 is 0. The van der Waals surface area contributed by atoms with Gasteiger partial charge in [-0.25, -0.2) is 0 Å². The Morgan fingerprint density at radius 2 is 2.00 bits per heavy atom. The van der Waals surface area contributed by atoms with Crippen LogP contribution in [0.3, 0.4) is 0 Å². The molecule has 1 fully saturated rings. The first kappa shape index (κ1) is 13.9. The number of carbonyl (C=O) groups is 1. The van der Waals surface area contributed by atoms with Crippen molar-refractivity contribution in [3.8, 4) is 0 Å². The maximum Gasteiger partial charge on any atom is 0.253 e. The van der Waals surface area contributed by atoms with E-state index in [0.717, 1.165) is 12.8 Å². The van der Waals surface area contributed by atoms with Crippen LogP contribution in [0.4, 0.5) is 5.69 Å². The topological polar surface area (TPSA) is 55.1 Å². The molecule has 1 aliphatic rings. The second-order valence-corrected chi connectivity index (χ2v) is 6.67. The van der Waals surface area contributed by atoms with Gasteiger partial charge in [0.25, 0.3) is 5.91 Å². The van der Waals surface area contributed by atoms with Gasteiger partial charge in [0.05, 0.1) is 5.56 Å². The van der Waals surface area contributed by atoms with Crippen molar-refractivity contribution in [3.05, 3.63) is 29.8 Å². The Morgan fingerprint density at radius 3 is 2.63 bits per heavy atom. The molecule has 0 radical (unpaired) electrons. The number of hydrogen-bond acceptors (Lipinski definition) is 2. The van der Waals surface area contributed by atoms with Crippen molar-refractivity contribution in [1.82, 2.24) is 5.32 Å². The maximum absolute atomic E-state index is 12.3. The fraction of sp³-hybridized carbons (Fsp3) is 0.562. The van der Waals surface area contributed by atoms with Gasteiger partial charge in [0.15, 0.2) is 0 Å². The van der Waals surface area contributed by atoms with Crippen molar-refractivity contribution in [3.63, 3.8) is 0 Å². The molecule has 3 heteroatoms. The number of amides is 1. The molecule has 1 aromatic carbocycles. The number of rotatable bonds is 2. The minimum atomic E-state index is -0.0481. The zero-order valence-corrected chi connectivity index (χ0v) is 12.1. The standard InChI is InChI=1S/C16H24N2O/c1-11-8-12(10-16(2,3)9-11)18-15(19)13-6-4-5-7-14(13)17/h4-7,11-12H,8-10,17H2,1-3H3,(H,18,19). The van der Waals surface area contributed by atoms with E-state index < -0.39 is 0 Å². The molecule has 0 aliphatic heterocycles. The summed E-state index contributed by atoms with van der Waals surface area (Å²) in [6.45, 7) is 6.81. The molecule has 1 amide bonds. The number of benzene rings is 1. The first-order valence-corrected chi connectivity index (χ1v) is 7.03. The van der Waals surface area contributed by atoms with E-state index in [1.54, 1.807) is 12.1 Å². The molecule has 0 heterocycles. The highest BCUT2D eigenvalue weighted by Gasteiger charge is 2.32. The second kappa shape index (κ2) is 5.24. The average Bonchev–Trinajstić information content (AvgIpc) is 2.26. The van der Waals surface area contributed by atoms with Crippen LogP contribution in [-0.4, -0.2) is 11.9 Å². The molecule has 2 rings (SSSR count). The van der Waals surface area contributed by atoms with Gasteiger partial charge in [-0.3, -0.25) is 4.79 Å². The molecule has 1 aliphatic carbocycles. The third kappa shape index (κ3) is 3.49. The summed E-state index contributed by atoms with van der Waals surface area (Å²) in [7, 11) is 0. The lowest BCUT2D eigenvalue weighted by molar-refractivity contribution is 0.0875. The van der Waals surface area contributed by atoms with Gasteiger partial charge in [0, 0.05) is 11.7 Å². The Balaban J connectivity index is 2.05. The van der Waals surface area contributed by atoms with Crippen LogP contribution < -0.4 is 11.1 Å². The fourth-order valence-electron chi connectivity index (χ4n) is 3.42. The highest BCUT2D eigenvalue weighted by molar-refractivity contribution is 5.99. The smallest absolute Gasteiger partial charge is 0.253 e. The van der Waals surface area contributed by atoms with Gasteiger partial charge in [-0.1, -0.05) is 32.9 Å². The molecule has 0 saturated heterocycles. The summed E-state index contributed by atoms with van der Waals surface area (Å²) in [6, 6.07) is 7.49. The molecule has 0 aromatic heterocycles. The van der Waals surface area contributed by atoms with Crippen LogP contribution in [0, 0.1) is 11.3 Å². The largest absolute Gasteiger partial charge is 0.398 e. The normalized spacial score (nSPS) is 25.8. The van der Waals surface area contributed by atoms with Gasteiger partial charge in [-0.05, 0) is 42.7 Å². The van der Waals surface area contributed by atoms with Gasteiger partial charge in [-0.2, -0.15) is 0 Å². The SMILES string of the molecule is CC1CC(NC(=O)c2ccccc2N)CC(C)(C)C1. The number of nitrogens with one attached hydrogen (secondary N) is 1. The summed E-state index contributed by atoms with van der Waals surface area (Å²) in [5, 5.41) is 3.14. The van der Waals surface area contributed by atoms with Crippen molar-refractivity contribution in [2.75, 3.05) is 5.73 Å². The summed E-state index contributed by atoms with van der Waals surface area (Å²) in [5.74, 6) is 0.607. The number of nitrogen functional groups attached to an aromatic ring is 1.